The van der Waals surface area contributed by atoms with Gasteiger partial charge in [0.05, 0.1) is 11.6 Å². The fourth-order valence-corrected chi connectivity index (χ4v) is 4.37. The maximum atomic E-state index is 12.8. The van der Waals surface area contributed by atoms with Crippen molar-refractivity contribution in [1.82, 2.24) is 9.66 Å². The Kier molecular flexibility index (Phi) is 4.72. The van der Waals surface area contributed by atoms with Crippen LogP contribution in [-0.2, 0) is 17.6 Å². The number of fused-ring (bicyclic) bond motifs is 3. The van der Waals surface area contributed by atoms with Crippen LogP contribution in [0.25, 0.3) is 10.2 Å². The fraction of sp³-hybridized carbons (Fsp3) is 0.263. The number of nitrogens with zero attached hydrogens (tertiary/aromatic N) is 3. The van der Waals surface area contributed by atoms with Crippen LogP contribution >= 0.6 is 11.3 Å². The number of hydrogen-bond donors (Lipinski definition) is 1. The van der Waals surface area contributed by atoms with Crippen molar-refractivity contribution in [3.05, 3.63) is 57.0 Å². The summed E-state index contributed by atoms with van der Waals surface area (Å²) in [4.78, 5) is 30.1. The van der Waals surface area contributed by atoms with Gasteiger partial charge in [0, 0.05) is 4.88 Å². The fourth-order valence-electron chi connectivity index (χ4n) is 3.15. The number of amides is 1. The first-order valence-corrected chi connectivity index (χ1v) is 9.51. The molecular formula is C19H18N4O3S. The number of benzene rings is 1. The van der Waals surface area contributed by atoms with Crippen LogP contribution in [0.2, 0.25) is 0 Å². The summed E-state index contributed by atoms with van der Waals surface area (Å²) in [6, 6.07) is 6.99. The second-order valence-electron chi connectivity index (χ2n) is 6.35. The Morgan fingerprint density at radius 3 is 2.85 bits per heavy atom. The minimum Gasteiger partial charge on any atom is -0.484 e. The van der Waals surface area contributed by atoms with Crippen LogP contribution < -0.4 is 16.0 Å². The Balaban J connectivity index is 1.59. The van der Waals surface area contributed by atoms with Gasteiger partial charge < -0.3 is 10.5 Å². The predicted molar refractivity (Wildman–Crippen MR) is 105 cm³/mol. The van der Waals surface area contributed by atoms with Gasteiger partial charge in [-0.2, -0.15) is 9.78 Å². The lowest BCUT2D eigenvalue weighted by molar-refractivity contribution is -0.119. The van der Waals surface area contributed by atoms with E-state index >= 15 is 0 Å². The lowest BCUT2D eigenvalue weighted by atomic mass is 9.97. The average molecular weight is 382 g/mol. The van der Waals surface area contributed by atoms with Crippen LogP contribution in [0.15, 0.2) is 40.5 Å². The number of rotatable bonds is 5. The summed E-state index contributed by atoms with van der Waals surface area (Å²) in [6.45, 7) is -0.167. The third-order valence-electron chi connectivity index (χ3n) is 4.45. The highest BCUT2D eigenvalue weighted by atomic mass is 32.1. The van der Waals surface area contributed by atoms with Gasteiger partial charge in [0.2, 0.25) is 0 Å². The molecule has 4 rings (SSSR count). The van der Waals surface area contributed by atoms with Crippen LogP contribution in [-0.4, -0.2) is 28.4 Å². The average Bonchev–Trinajstić information content (AvgIpc) is 3.06. The quantitative estimate of drug-likeness (QED) is 0.683. The number of carbonyl (C=O) groups is 1. The lowest BCUT2D eigenvalue weighted by Gasteiger charge is -2.09. The maximum Gasteiger partial charge on any atom is 0.282 e. The van der Waals surface area contributed by atoms with E-state index in [-0.39, 0.29) is 12.2 Å². The Morgan fingerprint density at radius 2 is 2.07 bits per heavy atom. The molecule has 0 aliphatic heterocycles. The minimum absolute atomic E-state index is 0.128. The largest absolute Gasteiger partial charge is 0.484 e. The molecular weight excluding hydrogens is 364 g/mol. The van der Waals surface area contributed by atoms with Gasteiger partial charge in [0.25, 0.3) is 11.5 Å². The molecule has 2 N–H and O–H groups in total. The number of ether oxygens (including phenoxy) is 1. The van der Waals surface area contributed by atoms with Crippen molar-refractivity contribution < 1.29 is 9.53 Å². The molecule has 3 aromatic rings. The number of thiophene rings is 1. The molecule has 0 unspecified atom stereocenters. The van der Waals surface area contributed by atoms with E-state index < -0.39 is 5.91 Å². The monoisotopic (exact) mass is 382 g/mol. The molecule has 0 radical (unpaired) electrons. The summed E-state index contributed by atoms with van der Waals surface area (Å²) < 4.78 is 6.49. The van der Waals surface area contributed by atoms with Crippen LogP contribution in [0, 0.1) is 0 Å². The van der Waals surface area contributed by atoms with E-state index in [0.717, 1.165) is 35.2 Å². The third-order valence-corrected chi connectivity index (χ3v) is 5.65. The Hall–Kier alpha value is -3.00. The second-order valence-corrected chi connectivity index (χ2v) is 7.44. The number of aryl methyl sites for hydroxylation is 2. The maximum absolute atomic E-state index is 12.8. The number of aromatic nitrogens is 2. The Labute approximate surface area is 159 Å². The van der Waals surface area contributed by atoms with Gasteiger partial charge in [0.1, 0.15) is 16.9 Å². The predicted octanol–water partition coefficient (Wildman–Crippen LogP) is 2.08. The molecule has 27 heavy (non-hydrogen) atoms. The van der Waals surface area contributed by atoms with Crippen molar-refractivity contribution in [3.63, 3.8) is 0 Å². The summed E-state index contributed by atoms with van der Waals surface area (Å²) in [5.74, 6) is 0.00892. The smallest absolute Gasteiger partial charge is 0.282 e. The van der Waals surface area contributed by atoms with E-state index in [2.05, 4.69) is 10.1 Å². The van der Waals surface area contributed by atoms with Crippen molar-refractivity contribution in [2.75, 3.05) is 6.61 Å². The molecule has 7 nitrogen and oxygen atoms in total. The molecule has 8 heteroatoms. The molecule has 138 valence electrons. The van der Waals surface area contributed by atoms with Gasteiger partial charge in [-0.1, -0.05) is 0 Å². The zero-order chi connectivity index (χ0) is 18.8. The van der Waals surface area contributed by atoms with Gasteiger partial charge in [0.15, 0.2) is 6.61 Å². The SMILES string of the molecule is NC(=O)COc1ccc(C=Nn2cnc3sc4c(c3c2=O)CCCC4)cc1. The zero-order valence-electron chi connectivity index (χ0n) is 14.6. The van der Waals surface area contributed by atoms with Crippen LogP contribution in [0.5, 0.6) is 5.75 Å². The molecule has 1 aliphatic rings. The Bertz CT molecular complexity index is 1080. The highest BCUT2D eigenvalue weighted by Crippen LogP contribution is 2.33. The first-order valence-electron chi connectivity index (χ1n) is 8.69. The summed E-state index contributed by atoms with van der Waals surface area (Å²) in [6.07, 6.45) is 7.31. The first-order chi connectivity index (χ1) is 13.1. The second kappa shape index (κ2) is 7.32. The van der Waals surface area contributed by atoms with Gasteiger partial charge >= 0.3 is 0 Å². The molecule has 1 aliphatic carbocycles. The van der Waals surface area contributed by atoms with Crippen molar-refractivity contribution in [2.45, 2.75) is 25.7 Å². The number of primary amides is 1. The van der Waals surface area contributed by atoms with Crippen molar-refractivity contribution in [2.24, 2.45) is 10.8 Å². The van der Waals surface area contributed by atoms with E-state index in [4.69, 9.17) is 10.5 Å². The van der Waals surface area contributed by atoms with Gasteiger partial charge in [-0.15, -0.1) is 11.3 Å². The first kappa shape index (κ1) is 17.4. The molecule has 1 amide bonds. The van der Waals surface area contributed by atoms with Crippen LogP contribution in [0.1, 0.15) is 28.8 Å². The van der Waals surface area contributed by atoms with Crippen LogP contribution in [0.4, 0.5) is 0 Å². The summed E-state index contributed by atoms with van der Waals surface area (Å²) >= 11 is 1.62. The standard InChI is InChI=1S/C19H18N4O3S/c20-16(24)10-26-13-7-5-12(6-8-13)9-22-23-11-21-18-17(19(23)25)14-3-1-2-4-15(14)27-18/h5-9,11H,1-4,10H2,(H2,20,24). The molecule has 0 atom stereocenters. The van der Waals surface area contributed by atoms with Gasteiger partial charge in [-0.3, -0.25) is 9.59 Å². The lowest BCUT2D eigenvalue weighted by Crippen LogP contribution is -2.20. The molecule has 1 aromatic carbocycles. The number of carbonyl (C=O) groups excluding carboxylic acids is 1. The van der Waals surface area contributed by atoms with E-state index in [1.807, 2.05) is 0 Å². The van der Waals surface area contributed by atoms with Crippen LogP contribution in [0.3, 0.4) is 0 Å². The molecule has 0 saturated heterocycles. The van der Waals surface area contributed by atoms with Crippen molar-refractivity contribution >= 4 is 33.7 Å². The van der Waals surface area contributed by atoms with Crippen molar-refractivity contribution in [3.8, 4) is 5.75 Å². The summed E-state index contributed by atoms with van der Waals surface area (Å²) in [5, 5.41) is 4.98. The summed E-state index contributed by atoms with van der Waals surface area (Å²) in [5.41, 5.74) is 6.86. The normalized spacial score (nSPS) is 13.8. The number of hydrogen-bond acceptors (Lipinski definition) is 6. The van der Waals surface area contributed by atoms with Gasteiger partial charge in [-0.25, -0.2) is 4.98 Å². The van der Waals surface area contributed by atoms with E-state index in [9.17, 15) is 9.59 Å². The Morgan fingerprint density at radius 1 is 1.30 bits per heavy atom. The number of nitrogens with two attached hydrogens (primary N) is 1. The van der Waals surface area contributed by atoms with E-state index in [0.29, 0.717) is 11.1 Å². The molecule has 0 bridgehead atoms. The zero-order valence-corrected chi connectivity index (χ0v) is 15.4. The molecule has 2 heterocycles. The van der Waals surface area contributed by atoms with E-state index in [1.54, 1.807) is 41.8 Å². The highest BCUT2D eigenvalue weighted by Gasteiger charge is 2.19. The topological polar surface area (TPSA) is 99.6 Å². The molecule has 0 fully saturated rings. The molecule has 0 saturated carbocycles. The molecule has 2 aromatic heterocycles. The van der Waals surface area contributed by atoms with Crippen molar-refractivity contribution in [1.29, 1.82) is 0 Å². The summed E-state index contributed by atoms with van der Waals surface area (Å²) in [7, 11) is 0. The minimum atomic E-state index is -0.529. The highest BCUT2D eigenvalue weighted by molar-refractivity contribution is 7.18. The van der Waals surface area contributed by atoms with Gasteiger partial charge in [-0.05, 0) is 61.1 Å². The third kappa shape index (κ3) is 3.61. The molecule has 0 spiro atoms. The van der Waals surface area contributed by atoms with E-state index in [1.165, 1.54) is 22.3 Å².